The molecular weight excluding hydrogens is 312 g/mol. The summed E-state index contributed by atoms with van der Waals surface area (Å²) in [6.07, 6.45) is 7.40. The first-order valence-corrected chi connectivity index (χ1v) is 7.76. The van der Waals surface area contributed by atoms with Crippen LogP contribution in [0.2, 0.25) is 0 Å². The molecular formula is C17H23ClN4O. The molecule has 1 aromatic carbocycles. The molecule has 1 fully saturated rings. The zero-order chi connectivity index (χ0) is 15.2. The fourth-order valence-electron chi connectivity index (χ4n) is 2.81. The van der Waals surface area contributed by atoms with E-state index in [-0.39, 0.29) is 12.4 Å². The Bertz CT molecular complexity index is 579. The van der Waals surface area contributed by atoms with Crippen LogP contribution >= 0.6 is 12.4 Å². The van der Waals surface area contributed by atoms with Crippen LogP contribution in [0.4, 0.5) is 0 Å². The van der Waals surface area contributed by atoms with Gasteiger partial charge in [-0.25, -0.2) is 4.98 Å². The number of ether oxygens (including phenoxy) is 1. The summed E-state index contributed by atoms with van der Waals surface area (Å²) >= 11 is 0. The summed E-state index contributed by atoms with van der Waals surface area (Å²) in [4.78, 5) is 10.6. The van der Waals surface area contributed by atoms with Gasteiger partial charge in [0.25, 0.3) is 0 Å². The quantitative estimate of drug-likeness (QED) is 0.911. The number of hydrogen-bond donors (Lipinski definition) is 1. The van der Waals surface area contributed by atoms with E-state index in [1.165, 1.54) is 24.9 Å². The number of aromatic nitrogens is 2. The molecule has 1 unspecified atom stereocenters. The van der Waals surface area contributed by atoms with Crippen LogP contribution in [0.1, 0.15) is 18.4 Å². The highest BCUT2D eigenvalue weighted by atomic mass is 35.5. The minimum absolute atomic E-state index is 0. The zero-order valence-corrected chi connectivity index (χ0v) is 14.1. The van der Waals surface area contributed by atoms with Crippen molar-refractivity contribution in [2.24, 2.45) is 0 Å². The van der Waals surface area contributed by atoms with Crippen LogP contribution in [0.15, 0.2) is 42.9 Å². The summed E-state index contributed by atoms with van der Waals surface area (Å²) in [6.45, 7) is 3.29. The van der Waals surface area contributed by atoms with Crippen LogP contribution in [0.3, 0.4) is 0 Å². The van der Waals surface area contributed by atoms with Gasteiger partial charge in [-0.3, -0.25) is 9.88 Å². The number of piperidine rings is 1. The van der Waals surface area contributed by atoms with Gasteiger partial charge in [-0.1, -0.05) is 12.1 Å². The zero-order valence-electron chi connectivity index (χ0n) is 13.3. The standard InChI is InChI=1S/C17H22N4O.ClH/c1-18-15-3-2-10-21(13-15)12-14-4-6-16(7-5-14)22-17-11-19-8-9-20-17;/h4-9,11,15,18H,2-3,10,12-13H2,1H3;1H. The van der Waals surface area contributed by atoms with E-state index in [1.807, 2.05) is 19.2 Å². The van der Waals surface area contributed by atoms with Crippen molar-refractivity contribution >= 4 is 12.4 Å². The normalized spacial score (nSPS) is 18.2. The van der Waals surface area contributed by atoms with Gasteiger partial charge in [0, 0.05) is 31.5 Å². The van der Waals surface area contributed by atoms with E-state index < -0.39 is 0 Å². The van der Waals surface area contributed by atoms with Gasteiger partial charge >= 0.3 is 0 Å². The smallest absolute Gasteiger partial charge is 0.237 e. The Hall–Kier alpha value is -1.69. The van der Waals surface area contributed by atoms with Crippen molar-refractivity contribution in [3.8, 4) is 11.6 Å². The maximum absolute atomic E-state index is 5.66. The van der Waals surface area contributed by atoms with Crippen LogP contribution in [0.5, 0.6) is 11.6 Å². The molecule has 5 nitrogen and oxygen atoms in total. The minimum atomic E-state index is 0. The molecule has 0 amide bonds. The summed E-state index contributed by atoms with van der Waals surface area (Å²) in [5, 5.41) is 3.38. The molecule has 23 heavy (non-hydrogen) atoms. The van der Waals surface area contributed by atoms with Gasteiger partial charge in [-0.15, -0.1) is 12.4 Å². The van der Waals surface area contributed by atoms with Gasteiger partial charge in [0.05, 0.1) is 6.20 Å². The number of halogens is 1. The Labute approximate surface area is 143 Å². The lowest BCUT2D eigenvalue weighted by Crippen LogP contribution is -2.43. The molecule has 1 aromatic heterocycles. The molecule has 3 rings (SSSR count). The summed E-state index contributed by atoms with van der Waals surface area (Å²) in [6, 6.07) is 8.84. The fraction of sp³-hybridized carbons (Fsp3) is 0.412. The van der Waals surface area contributed by atoms with E-state index in [9.17, 15) is 0 Å². The van der Waals surface area contributed by atoms with Gasteiger partial charge in [0.15, 0.2) is 0 Å². The molecule has 0 aliphatic carbocycles. The van der Waals surface area contributed by atoms with Crippen LogP contribution in [0.25, 0.3) is 0 Å². The monoisotopic (exact) mass is 334 g/mol. The van der Waals surface area contributed by atoms with Gasteiger partial charge in [-0.05, 0) is 44.1 Å². The van der Waals surface area contributed by atoms with E-state index in [1.54, 1.807) is 18.6 Å². The number of likely N-dealkylation sites (N-methyl/N-ethyl adjacent to an activating group) is 1. The van der Waals surface area contributed by atoms with Crippen molar-refractivity contribution in [2.75, 3.05) is 20.1 Å². The van der Waals surface area contributed by atoms with Crippen LogP contribution in [-0.2, 0) is 6.54 Å². The molecule has 1 atom stereocenters. The lowest BCUT2D eigenvalue weighted by molar-refractivity contribution is 0.188. The summed E-state index contributed by atoms with van der Waals surface area (Å²) < 4.78 is 5.66. The topological polar surface area (TPSA) is 50.3 Å². The molecule has 1 N–H and O–H groups in total. The third-order valence-corrected chi connectivity index (χ3v) is 4.01. The van der Waals surface area contributed by atoms with Gasteiger partial charge in [0.2, 0.25) is 5.88 Å². The third kappa shape index (κ3) is 5.16. The number of hydrogen-bond acceptors (Lipinski definition) is 5. The lowest BCUT2D eigenvalue weighted by atomic mass is 10.1. The Balaban J connectivity index is 0.00000192. The van der Waals surface area contributed by atoms with Gasteiger partial charge in [0.1, 0.15) is 5.75 Å². The van der Waals surface area contributed by atoms with E-state index in [0.29, 0.717) is 11.9 Å². The molecule has 124 valence electrons. The van der Waals surface area contributed by atoms with Crippen molar-refractivity contribution in [1.29, 1.82) is 0 Å². The highest BCUT2D eigenvalue weighted by molar-refractivity contribution is 5.85. The second-order valence-corrected chi connectivity index (χ2v) is 5.65. The molecule has 0 saturated carbocycles. The molecule has 2 aromatic rings. The molecule has 0 spiro atoms. The number of likely N-dealkylation sites (tertiary alicyclic amines) is 1. The third-order valence-electron chi connectivity index (χ3n) is 4.01. The van der Waals surface area contributed by atoms with Gasteiger partial charge < -0.3 is 10.1 Å². The van der Waals surface area contributed by atoms with Crippen molar-refractivity contribution in [3.05, 3.63) is 48.4 Å². The predicted molar refractivity (Wildman–Crippen MR) is 93.2 cm³/mol. The minimum Gasteiger partial charge on any atom is -0.438 e. The van der Waals surface area contributed by atoms with Crippen molar-refractivity contribution < 1.29 is 4.74 Å². The van der Waals surface area contributed by atoms with E-state index >= 15 is 0 Å². The Morgan fingerprint density at radius 3 is 2.78 bits per heavy atom. The first-order chi connectivity index (χ1) is 10.8. The van der Waals surface area contributed by atoms with E-state index in [4.69, 9.17) is 4.74 Å². The summed E-state index contributed by atoms with van der Waals surface area (Å²) in [7, 11) is 2.05. The average Bonchev–Trinajstić information content (AvgIpc) is 2.58. The average molecular weight is 335 g/mol. The van der Waals surface area contributed by atoms with Crippen molar-refractivity contribution in [2.45, 2.75) is 25.4 Å². The molecule has 1 aliphatic rings. The van der Waals surface area contributed by atoms with Crippen LogP contribution in [-0.4, -0.2) is 41.0 Å². The molecule has 1 saturated heterocycles. The molecule has 2 heterocycles. The number of rotatable bonds is 5. The lowest BCUT2D eigenvalue weighted by Gasteiger charge is -2.32. The highest BCUT2D eigenvalue weighted by Gasteiger charge is 2.18. The second-order valence-electron chi connectivity index (χ2n) is 5.65. The van der Waals surface area contributed by atoms with Crippen molar-refractivity contribution in [1.82, 2.24) is 20.2 Å². The second kappa shape index (κ2) is 8.82. The first kappa shape index (κ1) is 17.7. The Morgan fingerprint density at radius 1 is 1.26 bits per heavy atom. The highest BCUT2D eigenvalue weighted by Crippen LogP contribution is 2.20. The van der Waals surface area contributed by atoms with Crippen LogP contribution < -0.4 is 10.1 Å². The first-order valence-electron chi connectivity index (χ1n) is 7.76. The fourth-order valence-corrected chi connectivity index (χ4v) is 2.81. The number of benzene rings is 1. The van der Waals surface area contributed by atoms with Crippen LogP contribution in [0, 0.1) is 0 Å². The maximum Gasteiger partial charge on any atom is 0.237 e. The van der Waals surface area contributed by atoms with E-state index in [2.05, 4.69) is 32.3 Å². The van der Waals surface area contributed by atoms with Crippen molar-refractivity contribution in [3.63, 3.8) is 0 Å². The summed E-state index contributed by atoms with van der Waals surface area (Å²) in [5.74, 6) is 1.30. The number of nitrogens with one attached hydrogen (secondary N) is 1. The number of nitrogens with zero attached hydrogens (tertiary/aromatic N) is 3. The van der Waals surface area contributed by atoms with E-state index in [0.717, 1.165) is 18.8 Å². The molecule has 0 bridgehead atoms. The Morgan fingerprint density at radius 2 is 2.09 bits per heavy atom. The molecule has 0 radical (unpaired) electrons. The molecule has 6 heteroatoms. The van der Waals surface area contributed by atoms with Gasteiger partial charge in [-0.2, -0.15) is 0 Å². The molecule has 1 aliphatic heterocycles. The maximum atomic E-state index is 5.66. The Kier molecular flexibility index (Phi) is 6.77. The summed E-state index contributed by atoms with van der Waals surface area (Å²) in [5.41, 5.74) is 1.31. The predicted octanol–water partition coefficient (Wildman–Crippen LogP) is 2.87. The SMILES string of the molecule is CNC1CCCN(Cc2ccc(Oc3cnccn3)cc2)C1.Cl. The largest absolute Gasteiger partial charge is 0.438 e.